The second kappa shape index (κ2) is 11.0. The molecule has 0 unspecified atom stereocenters. The SMILES string of the molecule is CCc1ccccc1NC(=O)CCN1C(=S)N[C@H](c2ccccn2)[C@@H]1c1cccn1-c1ccc(C)cc1. The van der Waals surface area contributed by atoms with Crippen molar-refractivity contribution in [2.75, 3.05) is 11.9 Å². The fourth-order valence-corrected chi connectivity index (χ4v) is 5.26. The Morgan fingerprint density at radius 1 is 1.03 bits per heavy atom. The van der Waals surface area contributed by atoms with E-state index >= 15 is 0 Å². The number of para-hydroxylation sites is 1. The molecule has 4 aromatic rings. The van der Waals surface area contributed by atoms with E-state index in [0.29, 0.717) is 18.1 Å². The number of carbonyl (C=O) groups is 1. The Morgan fingerprint density at radius 3 is 2.57 bits per heavy atom. The molecule has 2 aromatic heterocycles. The van der Waals surface area contributed by atoms with E-state index in [0.717, 1.165) is 34.7 Å². The lowest BCUT2D eigenvalue weighted by molar-refractivity contribution is -0.116. The van der Waals surface area contributed by atoms with E-state index in [1.54, 1.807) is 6.20 Å². The number of anilines is 1. The number of hydrogen-bond donors (Lipinski definition) is 2. The van der Waals surface area contributed by atoms with E-state index in [-0.39, 0.29) is 18.0 Å². The molecule has 1 fully saturated rings. The normalized spacial score (nSPS) is 17.0. The highest BCUT2D eigenvalue weighted by Gasteiger charge is 2.41. The molecule has 2 N–H and O–H groups in total. The maximum Gasteiger partial charge on any atom is 0.226 e. The monoisotopic (exact) mass is 509 g/mol. The van der Waals surface area contributed by atoms with Gasteiger partial charge in [-0.15, -0.1) is 0 Å². The molecule has 1 amide bonds. The van der Waals surface area contributed by atoms with Gasteiger partial charge in [0.25, 0.3) is 0 Å². The highest BCUT2D eigenvalue weighted by Crippen LogP contribution is 2.39. The van der Waals surface area contributed by atoms with Crippen molar-refractivity contribution in [1.29, 1.82) is 0 Å². The van der Waals surface area contributed by atoms with Crippen LogP contribution in [-0.4, -0.2) is 32.0 Å². The van der Waals surface area contributed by atoms with Crippen LogP contribution in [0.3, 0.4) is 0 Å². The van der Waals surface area contributed by atoms with Gasteiger partial charge >= 0.3 is 0 Å². The predicted octanol–water partition coefficient (Wildman–Crippen LogP) is 5.74. The minimum Gasteiger partial charge on any atom is -0.352 e. The van der Waals surface area contributed by atoms with Crippen molar-refractivity contribution in [3.05, 3.63) is 114 Å². The molecule has 0 aliphatic carbocycles. The summed E-state index contributed by atoms with van der Waals surface area (Å²) in [5.74, 6) is -0.0300. The van der Waals surface area contributed by atoms with E-state index in [1.165, 1.54) is 5.56 Å². The smallest absolute Gasteiger partial charge is 0.226 e. The molecule has 3 heterocycles. The van der Waals surface area contributed by atoms with Crippen LogP contribution in [0.4, 0.5) is 5.69 Å². The number of thiocarbonyl (C=S) groups is 1. The first-order valence-electron chi connectivity index (χ1n) is 12.6. The van der Waals surface area contributed by atoms with Crippen molar-refractivity contribution in [3.8, 4) is 5.69 Å². The van der Waals surface area contributed by atoms with E-state index in [9.17, 15) is 4.79 Å². The second-order valence-electron chi connectivity index (χ2n) is 9.27. The highest BCUT2D eigenvalue weighted by molar-refractivity contribution is 7.80. The van der Waals surface area contributed by atoms with Gasteiger partial charge in [-0.05, 0) is 73.6 Å². The van der Waals surface area contributed by atoms with Gasteiger partial charge in [-0.25, -0.2) is 0 Å². The average molecular weight is 510 g/mol. The summed E-state index contributed by atoms with van der Waals surface area (Å²) < 4.78 is 2.19. The van der Waals surface area contributed by atoms with Crippen molar-refractivity contribution in [1.82, 2.24) is 19.8 Å². The van der Waals surface area contributed by atoms with Crippen LogP contribution in [0.25, 0.3) is 5.69 Å². The zero-order valence-electron chi connectivity index (χ0n) is 21.1. The van der Waals surface area contributed by atoms with Gasteiger partial charge in [0.15, 0.2) is 5.11 Å². The highest BCUT2D eigenvalue weighted by atomic mass is 32.1. The molecule has 2 atom stereocenters. The van der Waals surface area contributed by atoms with Crippen LogP contribution in [0.1, 0.15) is 47.9 Å². The number of amides is 1. The van der Waals surface area contributed by atoms with Crippen LogP contribution in [0.5, 0.6) is 0 Å². The van der Waals surface area contributed by atoms with E-state index < -0.39 is 0 Å². The third-order valence-corrected chi connectivity index (χ3v) is 7.20. The topological polar surface area (TPSA) is 62.2 Å². The van der Waals surface area contributed by atoms with Crippen LogP contribution in [-0.2, 0) is 11.2 Å². The Balaban J connectivity index is 1.43. The second-order valence-corrected chi connectivity index (χ2v) is 9.65. The fraction of sp³-hybridized carbons (Fsp3) is 0.233. The van der Waals surface area contributed by atoms with Crippen LogP contribution in [0.2, 0.25) is 0 Å². The standard InChI is InChI=1S/C30H31N5OS/c1-3-22-9-4-5-10-24(22)32-27(36)17-20-35-29(28(33-30(35)37)25-11-6-7-18-31-25)26-12-8-19-34(26)23-15-13-21(2)14-16-23/h4-16,18-19,28-29H,3,17,20H2,1-2H3,(H,32,36)(H,33,37)/t28-,29+/m1/s1. The van der Waals surface area contributed by atoms with Crippen molar-refractivity contribution in [2.24, 2.45) is 0 Å². The number of hydrogen-bond acceptors (Lipinski definition) is 3. The molecule has 5 rings (SSSR count). The number of aromatic nitrogens is 2. The molecule has 1 aliphatic heterocycles. The number of benzene rings is 2. The lowest BCUT2D eigenvalue weighted by Gasteiger charge is -2.29. The van der Waals surface area contributed by atoms with Crippen LogP contribution in [0, 0.1) is 6.92 Å². The summed E-state index contributed by atoms with van der Waals surface area (Å²) in [5.41, 5.74) is 6.28. The zero-order chi connectivity index (χ0) is 25.8. The number of rotatable bonds is 8. The van der Waals surface area contributed by atoms with Gasteiger partial charge in [0.05, 0.1) is 17.8 Å². The van der Waals surface area contributed by atoms with Crippen LogP contribution < -0.4 is 10.6 Å². The molecular formula is C30H31N5OS. The lowest BCUT2D eigenvalue weighted by atomic mass is 10.0. The van der Waals surface area contributed by atoms with E-state index in [2.05, 4.69) is 81.5 Å². The Labute approximate surface area is 223 Å². The Bertz CT molecular complexity index is 1380. The molecule has 0 saturated carbocycles. The first-order chi connectivity index (χ1) is 18.0. The van der Waals surface area contributed by atoms with Gasteiger partial charge in [0, 0.05) is 42.4 Å². The third-order valence-electron chi connectivity index (χ3n) is 6.85. The van der Waals surface area contributed by atoms with Crippen LogP contribution >= 0.6 is 12.2 Å². The summed E-state index contributed by atoms with van der Waals surface area (Å²) in [4.78, 5) is 19.8. The molecule has 7 heteroatoms. The number of nitrogens with zero attached hydrogens (tertiary/aromatic N) is 3. The van der Waals surface area contributed by atoms with Gasteiger partial charge in [0.1, 0.15) is 0 Å². The molecule has 0 radical (unpaired) electrons. The minimum absolute atomic E-state index is 0.0300. The summed E-state index contributed by atoms with van der Waals surface area (Å²) >= 11 is 5.81. The predicted molar refractivity (Wildman–Crippen MR) is 152 cm³/mol. The van der Waals surface area contributed by atoms with Crippen LogP contribution in [0.15, 0.2) is 91.3 Å². The Hall–Kier alpha value is -3.97. The summed E-state index contributed by atoms with van der Waals surface area (Å²) in [5, 5.41) is 7.20. The molecule has 37 heavy (non-hydrogen) atoms. The average Bonchev–Trinajstić information content (AvgIpc) is 3.53. The van der Waals surface area contributed by atoms with E-state index in [4.69, 9.17) is 12.2 Å². The lowest BCUT2D eigenvalue weighted by Crippen LogP contribution is -2.33. The van der Waals surface area contributed by atoms with Crippen molar-refractivity contribution >= 4 is 28.9 Å². The molecule has 1 aliphatic rings. The maximum absolute atomic E-state index is 13.0. The molecule has 188 valence electrons. The molecule has 1 saturated heterocycles. The van der Waals surface area contributed by atoms with Gasteiger partial charge in [-0.1, -0.05) is 48.9 Å². The first kappa shape index (κ1) is 24.7. The van der Waals surface area contributed by atoms with Gasteiger partial charge in [0.2, 0.25) is 5.91 Å². The molecule has 6 nitrogen and oxygen atoms in total. The molecule has 0 bridgehead atoms. The fourth-order valence-electron chi connectivity index (χ4n) is 4.93. The summed E-state index contributed by atoms with van der Waals surface area (Å²) in [6, 6.07) is 26.2. The van der Waals surface area contributed by atoms with Gasteiger partial charge < -0.3 is 20.1 Å². The maximum atomic E-state index is 13.0. The van der Waals surface area contributed by atoms with Crippen molar-refractivity contribution in [3.63, 3.8) is 0 Å². The number of pyridine rings is 1. The Kier molecular flexibility index (Phi) is 7.32. The number of aryl methyl sites for hydroxylation is 2. The summed E-state index contributed by atoms with van der Waals surface area (Å²) in [6.07, 6.45) is 5.05. The zero-order valence-corrected chi connectivity index (χ0v) is 21.9. The van der Waals surface area contributed by atoms with Crippen molar-refractivity contribution < 1.29 is 4.79 Å². The van der Waals surface area contributed by atoms with Crippen molar-refractivity contribution in [2.45, 2.75) is 38.8 Å². The minimum atomic E-state index is -0.142. The largest absolute Gasteiger partial charge is 0.352 e. The van der Waals surface area contributed by atoms with Gasteiger partial charge in [-0.3, -0.25) is 9.78 Å². The van der Waals surface area contributed by atoms with Gasteiger partial charge in [-0.2, -0.15) is 0 Å². The Morgan fingerprint density at radius 2 is 1.81 bits per heavy atom. The first-order valence-corrected chi connectivity index (χ1v) is 13.1. The number of carbonyl (C=O) groups excluding carboxylic acids is 1. The summed E-state index contributed by atoms with van der Waals surface area (Å²) in [6.45, 7) is 4.66. The molecule has 2 aromatic carbocycles. The number of nitrogens with one attached hydrogen (secondary N) is 2. The third kappa shape index (κ3) is 5.27. The molecule has 0 spiro atoms. The molecular weight excluding hydrogens is 478 g/mol. The quantitative estimate of drug-likeness (QED) is 0.297. The summed E-state index contributed by atoms with van der Waals surface area (Å²) in [7, 11) is 0. The van der Waals surface area contributed by atoms with E-state index in [1.807, 2.05) is 42.5 Å².